The molecule has 1 rings (SSSR count). The Labute approximate surface area is 99.3 Å². The molecule has 17 heavy (non-hydrogen) atoms. The maximum Gasteiger partial charge on any atom is 0.416 e. The largest absolute Gasteiger partial charge is 0.416 e. The molecule has 0 fully saturated rings. The number of azide groups is 1. The van der Waals surface area contributed by atoms with Gasteiger partial charge in [-0.2, -0.15) is 13.2 Å². The third-order valence-corrected chi connectivity index (χ3v) is 2.28. The molecule has 0 radical (unpaired) electrons. The number of rotatable bonds is 3. The third kappa shape index (κ3) is 3.26. The van der Waals surface area contributed by atoms with E-state index in [0.717, 1.165) is 12.1 Å². The summed E-state index contributed by atoms with van der Waals surface area (Å²) in [5.74, 6) is 0. The van der Waals surface area contributed by atoms with Crippen LogP contribution in [0.3, 0.4) is 0 Å². The number of halogens is 4. The molecule has 0 saturated carbocycles. The molecule has 0 aliphatic carbocycles. The Hall–Kier alpha value is -1.43. The number of alkyl halides is 3. The van der Waals surface area contributed by atoms with Crippen molar-refractivity contribution in [1.29, 1.82) is 0 Å². The molecule has 1 aromatic rings. The van der Waals surface area contributed by atoms with Crippen molar-refractivity contribution in [2.24, 2.45) is 5.11 Å². The number of benzene rings is 1. The zero-order valence-electron chi connectivity index (χ0n) is 8.32. The van der Waals surface area contributed by atoms with E-state index in [4.69, 9.17) is 22.2 Å². The fourth-order valence-corrected chi connectivity index (χ4v) is 1.50. The second kappa shape index (κ2) is 5.27. The summed E-state index contributed by atoms with van der Waals surface area (Å²) in [4.78, 5) is 2.39. The lowest BCUT2D eigenvalue weighted by Crippen LogP contribution is -2.13. The van der Waals surface area contributed by atoms with Crippen molar-refractivity contribution in [1.82, 2.24) is 0 Å². The molecular formula is C9H7ClF3N3O. The quantitative estimate of drug-likeness (QED) is 0.505. The van der Waals surface area contributed by atoms with Crippen LogP contribution in [-0.4, -0.2) is 11.7 Å². The highest BCUT2D eigenvalue weighted by atomic mass is 35.5. The molecule has 1 atom stereocenters. The molecule has 0 bridgehead atoms. The molecule has 0 spiro atoms. The average Bonchev–Trinajstić information content (AvgIpc) is 2.25. The van der Waals surface area contributed by atoms with E-state index in [1.807, 2.05) is 0 Å². The van der Waals surface area contributed by atoms with Crippen LogP contribution in [0.5, 0.6) is 0 Å². The van der Waals surface area contributed by atoms with Gasteiger partial charge < -0.3 is 5.11 Å². The van der Waals surface area contributed by atoms with Gasteiger partial charge >= 0.3 is 6.18 Å². The van der Waals surface area contributed by atoms with Gasteiger partial charge in [-0.1, -0.05) is 22.8 Å². The summed E-state index contributed by atoms with van der Waals surface area (Å²) in [6.45, 7) is -0.714. The Morgan fingerprint density at radius 3 is 2.59 bits per heavy atom. The van der Waals surface area contributed by atoms with Crippen molar-refractivity contribution < 1.29 is 18.3 Å². The number of aliphatic hydroxyl groups excluding tert-OH is 1. The van der Waals surface area contributed by atoms with Gasteiger partial charge in [0.2, 0.25) is 0 Å². The Morgan fingerprint density at radius 1 is 1.47 bits per heavy atom. The standard InChI is InChI=1S/C9H7ClF3N3O/c10-5-1-2-6(8(4-17)15-16-14)7(3-5)9(11,12)13/h1-3,8,17H,4H2. The van der Waals surface area contributed by atoms with Crippen molar-refractivity contribution in [2.45, 2.75) is 12.2 Å². The van der Waals surface area contributed by atoms with E-state index in [1.54, 1.807) is 0 Å². The predicted octanol–water partition coefficient (Wildman–Crippen LogP) is 3.70. The molecule has 4 nitrogen and oxygen atoms in total. The molecule has 92 valence electrons. The summed E-state index contributed by atoms with van der Waals surface area (Å²) in [7, 11) is 0. The van der Waals surface area contributed by atoms with E-state index in [1.165, 1.54) is 6.07 Å². The highest BCUT2D eigenvalue weighted by Crippen LogP contribution is 2.37. The predicted molar refractivity (Wildman–Crippen MR) is 55.4 cm³/mol. The number of nitrogens with zero attached hydrogens (tertiary/aromatic N) is 3. The van der Waals surface area contributed by atoms with Crippen LogP contribution in [0.2, 0.25) is 5.02 Å². The van der Waals surface area contributed by atoms with Gasteiger partial charge in [0.15, 0.2) is 0 Å². The summed E-state index contributed by atoms with van der Waals surface area (Å²) in [5.41, 5.74) is 6.90. The molecule has 0 amide bonds. The Bertz CT molecular complexity index is 457. The van der Waals surface area contributed by atoms with Gasteiger partial charge in [-0.05, 0) is 23.2 Å². The van der Waals surface area contributed by atoms with Crippen LogP contribution in [0.4, 0.5) is 13.2 Å². The lowest BCUT2D eigenvalue weighted by Gasteiger charge is -2.16. The third-order valence-electron chi connectivity index (χ3n) is 2.04. The molecule has 0 aliphatic heterocycles. The molecule has 0 aromatic heterocycles. The number of hydrogen-bond donors (Lipinski definition) is 1. The van der Waals surface area contributed by atoms with Crippen molar-refractivity contribution >= 4 is 11.6 Å². The molecule has 1 aromatic carbocycles. The molecule has 0 heterocycles. The van der Waals surface area contributed by atoms with Crippen molar-refractivity contribution in [3.05, 3.63) is 44.8 Å². The van der Waals surface area contributed by atoms with Crippen LogP contribution in [0.15, 0.2) is 23.3 Å². The van der Waals surface area contributed by atoms with Crippen LogP contribution >= 0.6 is 11.6 Å². The SMILES string of the molecule is [N-]=[N+]=NC(CO)c1ccc(Cl)cc1C(F)(F)F. The van der Waals surface area contributed by atoms with Crippen LogP contribution in [0.1, 0.15) is 17.2 Å². The van der Waals surface area contributed by atoms with Gasteiger partial charge in [0.1, 0.15) is 0 Å². The summed E-state index contributed by atoms with van der Waals surface area (Å²) >= 11 is 5.48. The van der Waals surface area contributed by atoms with Gasteiger partial charge in [-0.15, -0.1) is 0 Å². The topological polar surface area (TPSA) is 69.0 Å². The number of hydrogen-bond acceptors (Lipinski definition) is 2. The molecule has 1 N–H and O–H groups in total. The molecular weight excluding hydrogens is 259 g/mol. The minimum absolute atomic E-state index is 0.0845. The maximum absolute atomic E-state index is 12.7. The van der Waals surface area contributed by atoms with Crippen molar-refractivity contribution in [3.8, 4) is 0 Å². The first kappa shape index (κ1) is 13.6. The fourth-order valence-electron chi connectivity index (χ4n) is 1.32. The zero-order valence-corrected chi connectivity index (χ0v) is 9.07. The van der Waals surface area contributed by atoms with Gasteiger partial charge in [-0.3, -0.25) is 0 Å². The normalized spacial score (nSPS) is 13.0. The minimum atomic E-state index is -4.63. The monoisotopic (exact) mass is 265 g/mol. The van der Waals surface area contributed by atoms with Crippen molar-refractivity contribution in [2.75, 3.05) is 6.61 Å². The molecule has 1 unspecified atom stereocenters. The Kier molecular flexibility index (Phi) is 4.22. The Balaban J connectivity index is 3.36. The first-order valence-corrected chi connectivity index (χ1v) is 4.79. The number of aliphatic hydroxyl groups is 1. The molecule has 0 saturated heterocycles. The minimum Gasteiger partial charge on any atom is -0.396 e. The van der Waals surface area contributed by atoms with Crippen LogP contribution in [0.25, 0.3) is 10.4 Å². The lowest BCUT2D eigenvalue weighted by atomic mass is 10.0. The second-order valence-electron chi connectivity index (χ2n) is 3.13. The van der Waals surface area contributed by atoms with Gasteiger partial charge in [0.05, 0.1) is 18.2 Å². The lowest BCUT2D eigenvalue weighted by molar-refractivity contribution is -0.138. The van der Waals surface area contributed by atoms with Crippen LogP contribution in [-0.2, 0) is 6.18 Å². The van der Waals surface area contributed by atoms with E-state index >= 15 is 0 Å². The summed E-state index contributed by atoms with van der Waals surface area (Å²) < 4.78 is 38.1. The summed E-state index contributed by atoms with van der Waals surface area (Å²) in [6, 6.07) is 1.77. The van der Waals surface area contributed by atoms with Crippen LogP contribution in [0, 0.1) is 0 Å². The van der Waals surface area contributed by atoms with Gasteiger partial charge in [-0.25, -0.2) is 0 Å². The Morgan fingerprint density at radius 2 is 2.12 bits per heavy atom. The zero-order chi connectivity index (χ0) is 13.1. The van der Waals surface area contributed by atoms with E-state index in [0.29, 0.717) is 0 Å². The molecule has 0 aliphatic rings. The van der Waals surface area contributed by atoms with Gasteiger partial charge in [0.25, 0.3) is 0 Å². The summed E-state index contributed by atoms with van der Waals surface area (Å²) in [6.07, 6.45) is -4.63. The van der Waals surface area contributed by atoms with Crippen molar-refractivity contribution in [3.63, 3.8) is 0 Å². The average molecular weight is 266 g/mol. The van der Waals surface area contributed by atoms with E-state index in [2.05, 4.69) is 10.0 Å². The van der Waals surface area contributed by atoms with E-state index in [9.17, 15) is 13.2 Å². The summed E-state index contributed by atoms with van der Waals surface area (Å²) in [5, 5.41) is 11.9. The second-order valence-corrected chi connectivity index (χ2v) is 3.57. The maximum atomic E-state index is 12.7. The molecule has 8 heteroatoms. The first-order valence-electron chi connectivity index (χ1n) is 4.42. The highest BCUT2D eigenvalue weighted by molar-refractivity contribution is 6.30. The highest BCUT2D eigenvalue weighted by Gasteiger charge is 2.35. The van der Waals surface area contributed by atoms with Gasteiger partial charge in [0, 0.05) is 9.93 Å². The van der Waals surface area contributed by atoms with E-state index in [-0.39, 0.29) is 10.6 Å². The smallest absolute Gasteiger partial charge is 0.396 e. The fraction of sp³-hybridized carbons (Fsp3) is 0.333. The first-order chi connectivity index (χ1) is 7.90. The van der Waals surface area contributed by atoms with Crippen LogP contribution < -0.4 is 0 Å². The van der Waals surface area contributed by atoms with E-state index < -0.39 is 24.4 Å².